The van der Waals surface area contributed by atoms with Crippen molar-refractivity contribution in [2.24, 2.45) is 11.8 Å². The molecule has 1 amide bonds. The van der Waals surface area contributed by atoms with E-state index in [1.165, 1.54) is 0 Å². The molecule has 0 heterocycles. The molecule has 4 nitrogen and oxygen atoms in total. The fourth-order valence-electron chi connectivity index (χ4n) is 1.47. The van der Waals surface area contributed by atoms with Gasteiger partial charge >= 0.3 is 0 Å². The number of nitrogens with one attached hydrogen (secondary N) is 1. The second kappa shape index (κ2) is 7.07. The Bertz CT molecular complexity index is 649. The molecule has 0 bridgehead atoms. The second-order valence-electron chi connectivity index (χ2n) is 5.13. The molecule has 0 saturated carbocycles. The van der Waals surface area contributed by atoms with Crippen LogP contribution in [0, 0.1) is 17.7 Å². The van der Waals surface area contributed by atoms with Crippen LogP contribution in [-0.2, 0) is 9.05 Å². The Labute approximate surface area is 136 Å². The number of halogens is 3. The van der Waals surface area contributed by atoms with E-state index in [-0.39, 0.29) is 16.0 Å². The first kappa shape index (κ1) is 18.4. The van der Waals surface area contributed by atoms with Gasteiger partial charge in [0.2, 0.25) is 0 Å². The van der Waals surface area contributed by atoms with Crippen molar-refractivity contribution in [3.8, 4) is 0 Å². The summed E-state index contributed by atoms with van der Waals surface area (Å²) >= 11 is 3.05. The lowest BCUT2D eigenvalue weighted by molar-refractivity contribution is 0.0944. The zero-order chi connectivity index (χ0) is 16.4. The monoisotopic (exact) mass is 399 g/mol. The maximum Gasteiger partial charge on any atom is 0.264 e. The summed E-state index contributed by atoms with van der Waals surface area (Å²) in [4.78, 5) is 11.4. The summed E-state index contributed by atoms with van der Waals surface area (Å²) in [7, 11) is 0.893. The summed E-state index contributed by atoms with van der Waals surface area (Å²) < 4.78 is 36.3. The summed E-state index contributed by atoms with van der Waals surface area (Å²) in [5, 5.41) is 2.69. The number of carbonyl (C=O) groups is 1. The highest BCUT2D eigenvalue weighted by Crippen LogP contribution is 2.26. The minimum absolute atomic E-state index is 0.0200. The first-order valence-corrected chi connectivity index (χ1v) is 9.36. The third-order valence-corrected chi connectivity index (χ3v) is 5.24. The maximum atomic E-state index is 13.6. The first-order valence-electron chi connectivity index (χ1n) is 6.26. The average molecular weight is 401 g/mol. The van der Waals surface area contributed by atoms with Crippen LogP contribution in [0.5, 0.6) is 0 Å². The lowest BCUT2D eigenvalue weighted by atomic mass is 9.98. The largest absolute Gasteiger partial charge is 0.352 e. The van der Waals surface area contributed by atoms with Crippen LogP contribution in [-0.4, -0.2) is 20.9 Å². The lowest BCUT2D eigenvalue weighted by Gasteiger charge is -2.16. The lowest BCUT2D eigenvalue weighted by Crippen LogP contribution is -2.30. The Balaban J connectivity index is 3.05. The van der Waals surface area contributed by atoms with Crippen LogP contribution in [0.2, 0.25) is 0 Å². The van der Waals surface area contributed by atoms with Gasteiger partial charge in [-0.05, 0) is 39.9 Å². The highest BCUT2D eigenvalue weighted by molar-refractivity contribution is 9.10. The maximum absolute atomic E-state index is 13.6. The van der Waals surface area contributed by atoms with E-state index in [9.17, 15) is 17.6 Å². The fourth-order valence-corrected chi connectivity index (χ4v) is 2.88. The molecule has 1 aromatic carbocycles. The predicted molar refractivity (Wildman–Crippen MR) is 83.5 cm³/mol. The van der Waals surface area contributed by atoms with Gasteiger partial charge in [-0.3, -0.25) is 4.79 Å². The van der Waals surface area contributed by atoms with E-state index < -0.39 is 25.7 Å². The number of rotatable bonds is 5. The molecule has 0 aliphatic heterocycles. The molecule has 1 aromatic rings. The van der Waals surface area contributed by atoms with Crippen LogP contribution in [0.1, 0.15) is 31.1 Å². The molecule has 1 atom stereocenters. The number of hydrogen-bond acceptors (Lipinski definition) is 3. The molecule has 0 aliphatic rings. The van der Waals surface area contributed by atoms with Gasteiger partial charge in [-0.25, -0.2) is 12.8 Å². The predicted octanol–water partition coefficient (Wildman–Crippen LogP) is 3.54. The number of benzene rings is 1. The van der Waals surface area contributed by atoms with Gasteiger partial charge in [-0.2, -0.15) is 0 Å². The Morgan fingerprint density at radius 2 is 1.95 bits per heavy atom. The van der Waals surface area contributed by atoms with Gasteiger partial charge in [0.15, 0.2) is 0 Å². The molecule has 1 unspecified atom stereocenters. The quantitative estimate of drug-likeness (QED) is 0.769. The second-order valence-corrected chi connectivity index (χ2v) is 8.52. The highest BCUT2D eigenvalue weighted by Gasteiger charge is 2.22. The van der Waals surface area contributed by atoms with E-state index in [4.69, 9.17) is 10.7 Å². The first-order chi connectivity index (χ1) is 9.54. The third-order valence-electron chi connectivity index (χ3n) is 3.25. The molecule has 0 spiro atoms. The molecule has 1 rings (SSSR count). The van der Waals surface area contributed by atoms with E-state index in [1.54, 1.807) is 0 Å². The number of hydrogen-bond donors (Lipinski definition) is 1. The molecule has 21 heavy (non-hydrogen) atoms. The van der Waals surface area contributed by atoms with Gasteiger partial charge in [0, 0.05) is 21.7 Å². The number of amides is 1. The molecule has 0 aromatic heterocycles. The molecular formula is C13H16BrClFNO3S. The highest BCUT2D eigenvalue weighted by atomic mass is 79.9. The molecule has 0 fully saturated rings. The van der Waals surface area contributed by atoms with E-state index in [0.717, 1.165) is 12.1 Å². The van der Waals surface area contributed by atoms with Crippen molar-refractivity contribution in [2.75, 3.05) is 6.54 Å². The van der Waals surface area contributed by atoms with Gasteiger partial charge < -0.3 is 5.32 Å². The zero-order valence-corrected chi connectivity index (χ0v) is 14.9. The van der Waals surface area contributed by atoms with Gasteiger partial charge in [-0.1, -0.05) is 20.8 Å². The van der Waals surface area contributed by atoms with Crippen molar-refractivity contribution in [3.05, 3.63) is 28.0 Å². The van der Waals surface area contributed by atoms with Crippen molar-refractivity contribution in [3.63, 3.8) is 0 Å². The van der Waals surface area contributed by atoms with Crippen molar-refractivity contribution < 1.29 is 17.6 Å². The van der Waals surface area contributed by atoms with E-state index in [1.807, 2.05) is 20.8 Å². The zero-order valence-electron chi connectivity index (χ0n) is 11.8. The van der Waals surface area contributed by atoms with Gasteiger partial charge in [0.1, 0.15) is 10.7 Å². The van der Waals surface area contributed by atoms with E-state index >= 15 is 0 Å². The van der Waals surface area contributed by atoms with Gasteiger partial charge in [0.25, 0.3) is 15.0 Å². The Morgan fingerprint density at radius 1 is 1.38 bits per heavy atom. The van der Waals surface area contributed by atoms with Crippen molar-refractivity contribution in [1.29, 1.82) is 0 Å². The van der Waals surface area contributed by atoms with Crippen LogP contribution in [0.25, 0.3) is 0 Å². The van der Waals surface area contributed by atoms with Crippen LogP contribution < -0.4 is 5.32 Å². The van der Waals surface area contributed by atoms with Crippen LogP contribution in [0.3, 0.4) is 0 Å². The molecule has 8 heteroatoms. The number of carbonyl (C=O) groups excluding carboxylic acids is 1. The smallest absolute Gasteiger partial charge is 0.264 e. The van der Waals surface area contributed by atoms with E-state index in [2.05, 4.69) is 21.2 Å². The molecular weight excluding hydrogens is 385 g/mol. The summed E-state index contributed by atoms with van der Waals surface area (Å²) in [6.07, 6.45) is 0. The van der Waals surface area contributed by atoms with Crippen molar-refractivity contribution in [1.82, 2.24) is 5.32 Å². The molecule has 1 N–H and O–H groups in total. The molecule has 0 radical (unpaired) electrons. The standard InChI is InChI=1S/C13H16BrClFNO3S/c1-7(2)8(3)6-17-13(18)9-4-12(21(15,19)20)11(16)5-10(9)14/h4-5,7-8H,6H2,1-3H3,(H,17,18). The summed E-state index contributed by atoms with van der Waals surface area (Å²) in [5.41, 5.74) is 0.0200. The van der Waals surface area contributed by atoms with Crippen LogP contribution in [0.4, 0.5) is 4.39 Å². The van der Waals surface area contributed by atoms with Crippen LogP contribution >= 0.6 is 26.6 Å². The normalized spacial score (nSPS) is 13.3. The Kier molecular flexibility index (Phi) is 6.19. The summed E-state index contributed by atoms with van der Waals surface area (Å²) in [6.45, 7) is 6.48. The van der Waals surface area contributed by atoms with Gasteiger partial charge in [0.05, 0.1) is 5.56 Å². The Hall–Kier alpha value is -0.660. The molecule has 0 aliphatic carbocycles. The average Bonchev–Trinajstić information content (AvgIpc) is 2.33. The minimum Gasteiger partial charge on any atom is -0.352 e. The van der Waals surface area contributed by atoms with Crippen LogP contribution in [0.15, 0.2) is 21.5 Å². The molecule has 118 valence electrons. The van der Waals surface area contributed by atoms with E-state index in [0.29, 0.717) is 12.5 Å². The summed E-state index contributed by atoms with van der Waals surface area (Å²) in [6, 6.07) is 1.84. The van der Waals surface area contributed by atoms with Gasteiger partial charge in [-0.15, -0.1) is 0 Å². The third kappa shape index (κ3) is 4.93. The SMILES string of the molecule is CC(C)C(C)CNC(=O)c1cc(S(=O)(=O)Cl)c(F)cc1Br. The topological polar surface area (TPSA) is 63.2 Å². The minimum atomic E-state index is -4.25. The Morgan fingerprint density at radius 3 is 2.43 bits per heavy atom. The van der Waals surface area contributed by atoms with Crippen molar-refractivity contribution >= 4 is 41.6 Å². The summed E-state index contributed by atoms with van der Waals surface area (Å²) in [5.74, 6) is -0.856. The van der Waals surface area contributed by atoms with Crippen molar-refractivity contribution in [2.45, 2.75) is 25.7 Å². The molecule has 0 saturated heterocycles. The fraction of sp³-hybridized carbons (Fsp3) is 0.462.